The molecule has 1 heterocycles. The van der Waals surface area contributed by atoms with Crippen molar-refractivity contribution in [2.24, 2.45) is 0 Å². The summed E-state index contributed by atoms with van der Waals surface area (Å²) in [6, 6.07) is 8.28. The Labute approximate surface area is 113 Å². The number of amides is 1. The van der Waals surface area contributed by atoms with Crippen molar-refractivity contribution in [2.45, 2.75) is 19.4 Å². The molecule has 6 heteroatoms. The van der Waals surface area contributed by atoms with Crippen molar-refractivity contribution in [3.63, 3.8) is 0 Å². The molecule has 0 aromatic heterocycles. The second kappa shape index (κ2) is 5.71. The van der Waals surface area contributed by atoms with E-state index in [9.17, 15) is 13.2 Å². The number of carbonyl (C=O) groups is 1. The van der Waals surface area contributed by atoms with Crippen LogP contribution in [0.25, 0.3) is 0 Å². The molecule has 1 aliphatic rings. The van der Waals surface area contributed by atoms with E-state index in [1.54, 1.807) is 12.1 Å². The maximum absolute atomic E-state index is 12.3. The Balaban J connectivity index is 2.38. The molecule has 0 radical (unpaired) electrons. The van der Waals surface area contributed by atoms with Crippen LogP contribution in [0, 0.1) is 0 Å². The van der Waals surface area contributed by atoms with E-state index in [1.165, 1.54) is 4.31 Å². The Bertz CT molecular complexity index is 542. The van der Waals surface area contributed by atoms with Crippen LogP contribution in [-0.2, 0) is 14.8 Å². The first-order valence-corrected chi connectivity index (χ1v) is 7.99. The molecule has 1 fully saturated rings. The number of rotatable bonds is 4. The number of nitrogens with zero attached hydrogens (tertiary/aromatic N) is 1. The molecule has 0 bridgehead atoms. The molecule has 1 atom stereocenters. The highest BCUT2D eigenvalue weighted by Crippen LogP contribution is 2.26. The Hall–Kier alpha value is -1.40. The zero-order chi connectivity index (χ0) is 13.9. The number of sulfonamides is 1. The highest BCUT2D eigenvalue weighted by atomic mass is 32.2. The summed E-state index contributed by atoms with van der Waals surface area (Å²) in [5.41, 5.74) is 0.708. The molecule has 1 aromatic rings. The first kappa shape index (κ1) is 14.0. The van der Waals surface area contributed by atoms with Gasteiger partial charge in [0.2, 0.25) is 15.9 Å². The molecule has 0 aliphatic carbocycles. The monoisotopic (exact) mass is 282 g/mol. The van der Waals surface area contributed by atoms with Gasteiger partial charge in [-0.2, -0.15) is 4.31 Å². The first-order chi connectivity index (χ1) is 9.06. The fraction of sp³-hybridized carbons (Fsp3) is 0.462. The lowest BCUT2D eigenvalue weighted by Crippen LogP contribution is -2.52. The average molecular weight is 282 g/mol. The molecule has 1 aliphatic heterocycles. The van der Waals surface area contributed by atoms with E-state index in [0.717, 1.165) is 0 Å². The van der Waals surface area contributed by atoms with Crippen molar-refractivity contribution in [3.8, 4) is 0 Å². The largest absolute Gasteiger partial charge is 0.353 e. The first-order valence-electron chi connectivity index (χ1n) is 6.38. The summed E-state index contributed by atoms with van der Waals surface area (Å²) in [5, 5.41) is 2.73. The topological polar surface area (TPSA) is 66.5 Å². The molecule has 0 spiro atoms. The summed E-state index contributed by atoms with van der Waals surface area (Å²) in [5.74, 6) is -0.180. The van der Waals surface area contributed by atoms with E-state index >= 15 is 0 Å². The quantitative estimate of drug-likeness (QED) is 0.892. The van der Waals surface area contributed by atoms with Gasteiger partial charge in [0.1, 0.15) is 6.04 Å². The summed E-state index contributed by atoms with van der Waals surface area (Å²) in [7, 11) is -3.39. The number of hydrogen-bond donors (Lipinski definition) is 1. The standard InChI is InChI=1S/C13H18N2O3S/c1-2-10-19(17,18)15-9-8-14-13(16)12(15)11-6-4-3-5-7-11/h3-7,12H,2,8-10H2,1H3,(H,14,16). The number of nitrogens with one attached hydrogen (secondary N) is 1. The highest BCUT2D eigenvalue weighted by molar-refractivity contribution is 7.89. The maximum Gasteiger partial charge on any atom is 0.243 e. The van der Waals surface area contributed by atoms with Gasteiger partial charge in [0, 0.05) is 13.1 Å². The van der Waals surface area contributed by atoms with Gasteiger partial charge < -0.3 is 5.32 Å². The molecule has 19 heavy (non-hydrogen) atoms. The molecular weight excluding hydrogens is 264 g/mol. The van der Waals surface area contributed by atoms with E-state index in [1.807, 2.05) is 25.1 Å². The second-order valence-electron chi connectivity index (χ2n) is 4.53. The van der Waals surface area contributed by atoms with E-state index in [4.69, 9.17) is 0 Å². The molecule has 1 saturated heterocycles. The predicted molar refractivity (Wildman–Crippen MR) is 73.0 cm³/mol. The summed E-state index contributed by atoms with van der Waals surface area (Å²) in [4.78, 5) is 12.0. The Kier molecular flexibility index (Phi) is 4.21. The molecule has 1 unspecified atom stereocenters. The minimum atomic E-state index is -3.39. The van der Waals surface area contributed by atoms with Crippen LogP contribution in [0.3, 0.4) is 0 Å². The van der Waals surface area contributed by atoms with Crippen LogP contribution in [0.1, 0.15) is 24.9 Å². The fourth-order valence-corrected chi connectivity index (χ4v) is 3.93. The second-order valence-corrected chi connectivity index (χ2v) is 6.57. The Morgan fingerprint density at radius 2 is 2.00 bits per heavy atom. The van der Waals surface area contributed by atoms with Gasteiger partial charge in [0.25, 0.3) is 0 Å². The molecule has 0 saturated carbocycles. The lowest BCUT2D eigenvalue weighted by atomic mass is 10.1. The zero-order valence-corrected chi connectivity index (χ0v) is 11.7. The summed E-state index contributed by atoms with van der Waals surface area (Å²) in [6.07, 6.45) is 0.544. The van der Waals surface area contributed by atoms with Crippen molar-refractivity contribution in [1.29, 1.82) is 0 Å². The normalized spacial score (nSPS) is 21.1. The summed E-state index contributed by atoms with van der Waals surface area (Å²) in [6.45, 7) is 2.51. The summed E-state index contributed by atoms with van der Waals surface area (Å²) >= 11 is 0. The molecule has 1 N–H and O–H groups in total. The third kappa shape index (κ3) is 2.96. The number of hydrogen-bond acceptors (Lipinski definition) is 3. The molecular formula is C13H18N2O3S. The van der Waals surface area contributed by atoms with Crippen LogP contribution in [0.2, 0.25) is 0 Å². The molecule has 2 rings (SSSR count). The Morgan fingerprint density at radius 1 is 1.32 bits per heavy atom. The zero-order valence-electron chi connectivity index (χ0n) is 10.9. The van der Waals surface area contributed by atoms with Crippen LogP contribution in [0.5, 0.6) is 0 Å². The van der Waals surface area contributed by atoms with Gasteiger partial charge >= 0.3 is 0 Å². The average Bonchev–Trinajstić information content (AvgIpc) is 2.39. The third-order valence-electron chi connectivity index (χ3n) is 3.10. The van der Waals surface area contributed by atoms with Gasteiger partial charge in [-0.3, -0.25) is 4.79 Å². The van der Waals surface area contributed by atoms with Crippen molar-refractivity contribution >= 4 is 15.9 Å². The van der Waals surface area contributed by atoms with Crippen LogP contribution in [0.4, 0.5) is 0 Å². The molecule has 1 amide bonds. The van der Waals surface area contributed by atoms with Crippen molar-refractivity contribution < 1.29 is 13.2 Å². The van der Waals surface area contributed by atoms with Crippen LogP contribution in [0.15, 0.2) is 30.3 Å². The lowest BCUT2D eigenvalue weighted by Gasteiger charge is -2.34. The van der Waals surface area contributed by atoms with Gasteiger partial charge in [-0.25, -0.2) is 8.42 Å². The van der Waals surface area contributed by atoms with Crippen molar-refractivity contribution in [3.05, 3.63) is 35.9 Å². The van der Waals surface area contributed by atoms with Gasteiger partial charge in [0.15, 0.2) is 0 Å². The number of carbonyl (C=O) groups excluding carboxylic acids is 1. The fourth-order valence-electron chi connectivity index (χ4n) is 2.27. The van der Waals surface area contributed by atoms with Crippen LogP contribution >= 0.6 is 0 Å². The van der Waals surface area contributed by atoms with Gasteiger partial charge in [-0.1, -0.05) is 37.3 Å². The van der Waals surface area contributed by atoms with Crippen LogP contribution < -0.4 is 5.32 Å². The van der Waals surface area contributed by atoms with Gasteiger partial charge in [-0.05, 0) is 12.0 Å². The van der Waals surface area contributed by atoms with Gasteiger partial charge in [-0.15, -0.1) is 0 Å². The minimum absolute atomic E-state index is 0.0730. The minimum Gasteiger partial charge on any atom is -0.353 e. The van der Waals surface area contributed by atoms with Crippen LogP contribution in [-0.4, -0.2) is 37.5 Å². The Morgan fingerprint density at radius 3 is 2.63 bits per heavy atom. The van der Waals surface area contributed by atoms with Crippen molar-refractivity contribution in [2.75, 3.05) is 18.8 Å². The van der Waals surface area contributed by atoms with E-state index < -0.39 is 16.1 Å². The molecule has 5 nitrogen and oxygen atoms in total. The van der Waals surface area contributed by atoms with E-state index in [2.05, 4.69) is 5.32 Å². The van der Waals surface area contributed by atoms with Crippen molar-refractivity contribution in [1.82, 2.24) is 9.62 Å². The lowest BCUT2D eigenvalue weighted by molar-refractivity contribution is -0.126. The summed E-state index contributed by atoms with van der Waals surface area (Å²) < 4.78 is 25.8. The maximum atomic E-state index is 12.3. The predicted octanol–water partition coefficient (Wildman–Crippen LogP) is 0.899. The van der Waals surface area contributed by atoms with Gasteiger partial charge in [0.05, 0.1) is 5.75 Å². The molecule has 1 aromatic carbocycles. The highest BCUT2D eigenvalue weighted by Gasteiger charge is 2.37. The number of piperazine rings is 1. The van der Waals surface area contributed by atoms with E-state index in [-0.39, 0.29) is 11.7 Å². The number of benzene rings is 1. The molecule has 104 valence electrons. The van der Waals surface area contributed by atoms with E-state index in [0.29, 0.717) is 25.1 Å². The SMILES string of the molecule is CCCS(=O)(=O)N1CCNC(=O)C1c1ccccc1. The third-order valence-corrected chi connectivity index (χ3v) is 5.13. The smallest absolute Gasteiger partial charge is 0.243 e.